The van der Waals surface area contributed by atoms with E-state index in [9.17, 15) is 28.4 Å². The van der Waals surface area contributed by atoms with Crippen LogP contribution in [-0.2, 0) is 6.61 Å². The lowest BCUT2D eigenvalue weighted by Gasteiger charge is -2.36. The second kappa shape index (κ2) is 5.88. The monoisotopic (exact) mass is 304 g/mol. The maximum absolute atomic E-state index is 12.8. The molecule has 2 rings (SSSR count). The average Bonchev–Trinajstić information content (AvgIpc) is 2.45. The summed E-state index contributed by atoms with van der Waals surface area (Å²) in [5.74, 6) is -1.41. The van der Waals surface area contributed by atoms with Crippen LogP contribution in [0.2, 0.25) is 0 Å². The SMILES string of the molecule is O=[N+]([O-])c1ccc(N2CCCC(C(F)(F)F)C2)c(CO)c1. The third kappa shape index (κ3) is 3.44. The number of nitro groups is 1. The highest BCUT2D eigenvalue weighted by molar-refractivity contribution is 5.58. The van der Waals surface area contributed by atoms with Crippen LogP contribution in [0.4, 0.5) is 24.5 Å². The van der Waals surface area contributed by atoms with Gasteiger partial charge in [-0.3, -0.25) is 10.1 Å². The zero-order valence-electron chi connectivity index (χ0n) is 11.1. The summed E-state index contributed by atoms with van der Waals surface area (Å²) in [5.41, 5.74) is 0.510. The first-order valence-electron chi connectivity index (χ1n) is 6.52. The number of anilines is 1. The molecular formula is C13H15F3N2O3. The van der Waals surface area contributed by atoms with Crippen molar-refractivity contribution in [3.8, 4) is 0 Å². The summed E-state index contributed by atoms with van der Waals surface area (Å²) in [7, 11) is 0. The van der Waals surface area contributed by atoms with Gasteiger partial charge in [-0.15, -0.1) is 0 Å². The van der Waals surface area contributed by atoms with Gasteiger partial charge >= 0.3 is 6.18 Å². The minimum atomic E-state index is -4.25. The molecule has 0 saturated carbocycles. The molecule has 0 bridgehead atoms. The van der Waals surface area contributed by atoms with E-state index in [1.807, 2.05) is 0 Å². The van der Waals surface area contributed by atoms with Gasteiger partial charge in [-0.25, -0.2) is 0 Å². The summed E-state index contributed by atoms with van der Waals surface area (Å²) in [5, 5.41) is 20.0. The first-order valence-corrected chi connectivity index (χ1v) is 6.52. The molecular weight excluding hydrogens is 289 g/mol. The predicted molar refractivity (Wildman–Crippen MR) is 70.0 cm³/mol. The van der Waals surface area contributed by atoms with Crippen LogP contribution in [0.1, 0.15) is 18.4 Å². The van der Waals surface area contributed by atoms with Crippen LogP contribution in [0, 0.1) is 16.0 Å². The minimum absolute atomic E-state index is 0.0848. The molecule has 0 aliphatic carbocycles. The van der Waals surface area contributed by atoms with Gasteiger partial charge in [0.15, 0.2) is 0 Å². The van der Waals surface area contributed by atoms with Gasteiger partial charge in [-0.05, 0) is 18.9 Å². The molecule has 0 aromatic heterocycles. The topological polar surface area (TPSA) is 66.6 Å². The van der Waals surface area contributed by atoms with E-state index < -0.39 is 23.6 Å². The van der Waals surface area contributed by atoms with E-state index in [1.54, 1.807) is 0 Å². The van der Waals surface area contributed by atoms with Gasteiger partial charge in [-0.2, -0.15) is 13.2 Å². The Bertz CT molecular complexity index is 534. The second-order valence-electron chi connectivity index (χ2n) is 5.06. The van der Waals surface area contributed by atoms with Gasteiger partial charge in [0.2, 0.25) is 0 Å². The lowest BCUT2D eigenvalue weighted by atomic mass is 9.96. The minimum Gasteiger partial charge on any atom is -0.392 e. The maximum Gasteiger partial charge on any atom is 0.393 e. The van der Waals surface area contributed by atoms with Gasteiger partial charge < -0.3 is 10.0 Å². The number of halogens is 3. The number of aliphatic hydroxyl groups excluding tert-OH is 1. The summed E-state index contributed by atoms with van der Waals surface area (Å²) in [6.45, 7) is -0.199. The molecule has 1 heterocycles. The Morgan fingerprint density at radius 1 is 1.43 bits per heavy atom. The van der Waals surface area contributed by atoms with E-state index in [2.05, 4.69) is 0 Å². The van der Waals surface area contributed by atoms with Gasteiger partial charge in [0, 0.05) is 36.5 Å². The average molecular weight is 304 g/mol. The maximum atomic E-state index is 12.8. The molecule has 1 aliphatic rings. The molecule has 1 aromatic carbocycles. The summed E-state index contributed by atoms with van der Waals surface area (Å²) >= 11 is 0. The molecule has 1 aliphatic heterocycles. The third-order valence-electron chi connectivity index (χ3n) is 3.67. The smallest absolute Gasteiger partial charge is 0.392 e. The second-order valence-corrected chi connectivity index (χ2v) is 5.06. The fourth-order valence-electron chi connectivity index (χ4n) is 2.58. The summed E-state index contributed by atoms with van der Waals surface area (Å²) < 4.78 is 38.5. The normalized spacial score (nSPS) is 19.6. The van der Waals surface area contributed by atoms with Crippen molar-refractivity contribution in [2.24, 2.45) is 5.92 Å². The Balaban J connectivity index is 2.26. The lowest BCUT2D eigenvalue weighted by Crippen LogP contribution is -2.42. The molecule has 0 amide bonds. The fourth-order valence-corrected chi connectivity index (χ4v) is 2.58. The highest BCUT2D eigenvalue weighted by atomic mass is 19.4. The van der Waals surface area contributed by atoms with Gasteiger partial charge in [0.1, 0.15) is 0 Å². The van der Waals surface area contributed by atoms with Gasteiger partial charge in [-0.1, -0.05) is 0 Å². The Kier molecular flexibility index (Phi) is 4.36. The number of nitro benzene ring substituents is 1. The first-order chi connectivity index (χ1) is 9.82. The Hall–Kier alpha value is -1.83. The van der Waals surface area contributed by atoms with E-state index >= 15 is 0 Å². The van der Waals surface area contributed by atoms with Crippen molar-refractivity contribution in [2.45, 2.75) is 25.6 Å². The standard InChI is InChI=1S/C13H15F3N2O3/c14-13(15,16)10-2-1-5-17(7-10)12-4-3-11(18(20)21)6-9(12)8-19/h3-4,6,10,19H,1-2,5,7-8H2. The van der Waals surface area contributed by atoms with Crippen molar-refractivity contribution in [1.29, 1.82) is 0 Å². The third-order valence-corrected chi connectivity index (χ3v) is 3.67. The van der Waals surface area contributed by atoms with Crippen LogP contribution in [0.3, 0.4) is 0 Å². The number of non-ortho nitro benzene ring substituents is 1. The number of hydrogen-bond donors (Lipinski definition) is 1. The Morgan fingerprint density at radius 2 is 2.14 bits per heavy atom. The van der Waals surface area contributed by atoms with Crippen LogP contribution in [0.15, 0.2) is 18.2 Å². The molecule has 1 aromatic rings. The highest BCUT2D eigenvalue weighted by Crippen LogP contribution is 2.36. The summed E-state index contributed by atoms with van der Waals surface area (Å²) in [6, 6.07) is 3.85. The van der Waals surface area contributed by atoms with Crippen molar-refractivity contribution in [3.63, 3.8) is 0 Å². The van der Waals surface area contributed by atoms with Crippen molar-refractivity contribution < 1.29 is 23.2 Å². The molecule has 1 fully saturated rings. The van der Waals surface area contributed by atoms with Crippen LogP contribution in [0.5, 0.6) is 0 Å². The summed E-state index contributed by atoms with van der Waals surface area (Å²) in [6.07, 6.45) is -3.77. The number of benzene rings is 1. The molecule has 116 valence electrons. The molecule has 1 atom stereocenters. The molecule has 1 unspecified atom stereocenters. The number of hydrogen-bond acceptors (Lipinski definition) is 4. The largest absolute Gasteiger partial charge is 0.393 e. The van der Waals surface area contributed by atoms with Gasteiger partial charge in [0.25, 0.3) is 5.69 Å². The molecule has 5 nitrogen and oxygen atoms in total. The predicted octanol–water partition coefficient (Wildman–Crippen LogP) is 2.87. The first kappa shape index (κ1) is 15.6. The quantitative estimate of drug-likeness (QED) is 0.689. The number of rotatable bonds is 3. The van der Waals surface area contributed by atoms with Crippen LogP contribution >= 0.6 is 0 Å². The molecule has 21 heavy (non-hydrogen) atoms. The van der Waals surface area contributed by atoms with E-state index in [0.29, 0.717) is 18.7 Å². The van der Waals surface area contributed by atoms with Crippen LogP contribution in [0.25, 0.3) is 0 Å². The Labute approximate surface area is 119 Å². The lowest BCUT2D eigenvalue weighted by molar-refractivity contribution is -0.384. The molecule has 1 saturated heterocycles. The van der Waals surface area contributed by atoms with Crippen molar-refractivity contribution in [2.75, 3.05) is 18.0 Å². The van der Waals surface area contributed by atoms with Crippen molar-refractivity contribution in [1.82, 2.24) is 0 Å². The molecule has 1 N–H and O–H groups in total. The van der Waals surface area contributed by atoms with E-state index in [-0.39, 0.29) is 24.2 Å². The van der Waals surface area contributed by atoms with E-state index in [0.717, 1.165) is 0 Å². The number of alkyl halides is 3. The zero-order chi connectivity index (χ0) is 15.6. The van der Waals surface area contributed by atoms with E-state index in [4.69, 9.17) is 0 Å². The number of aliphatic hydroxyl groups is 1. The number of nitrogens with zero attached hydrogens (tertiary/aromatic N) is 2. The zero-order valence-corrected chi connectivity index (χ0v) is 11.1. The summed E-state index contributed by atoms with van der Waals surface area (Å²) in [4.78, 5) is 11.6. The molecule has 0 spiro atoms. The molecule has 0 radical (unpaired) electrons. The number of piperidine rings is 1. The van der Waals surface area contributed by atoms with Crippen molar-refractivity contribution in [3.05, 3.63) is 33.9 Å². The Morgan fingerprint density at radius 3 is 2.71 bits per heavy atom. The fraction of sp³-hybridized carbons (Fsp3) is 0.538. The van der Waals surface area contributed by atoms with Crippen LogP contribution < -0.4 is 4.90 Å². The highest BCUT2D eigenvalue weighted by Gasteiger charge is 2.42. The molecule has 8 heteroatoms. The van der Waals surface area contributed by atoms with Crippen LogP contribution in [-0.4, -0.2) is 29.3 Å². The van der Waals surface area contributed by atoms with E-state index in [1.165, 1.54) is 23.1 Å². The van der Waals surface area contributed by atoms with Gasteiger partial charge in [0.05, 0.1) is 17.4 Å². The van der Waals surface area contributed by atoms with Crippen molar-refractivity contribution >= 4 is 11.4 Å².